The van der Waals surface area contributed by atoms with Crippen LogP contribution >= 0.6 is 0 Å². The van der Waals surface area contributed by atoms with E-state index in [4.69, 9.17) is 0 Å². The molecule has 1 aliphatic rings. The SMILES string of the molecule is CCCc1nc2c(n1CCS(C)(=O)=O)CCNC2. The van der Waals surface area contributed by atoms with Gasteiger partial charge in [0.25, 0.3) is 0 Å². The predicted octanol–water partition coefficient (Wildman–Crippen LogP) is 0.526. The molecule has 0 aromatic carbocycles. The van der Waals surface area contributed by atoms with Gasteiger partial charge in [-0.15, -0.1) is 0 Å². The Balaban J connectivity index is 2.27. The van der Waals surface area contributed by atoms with Crippen molar-refractivity contribution < 1.29 is 8.42 Å². The van der Waals surface area contributed by atoms with Crippen LogP contribution in [0.2, 0.25) is 0 Å². The number of aromatic nitrogens is 2. The van der Waals surface area contributed by atoms with E-state index in [1.165, 1.54) is 11.9 Å². The number of sulfone groups is 1. The lowest BCUT2D eigenvalue weighted by molar-refractivity contribution is 0.574. The molecule has 0 saturated heterocycles. The molecule has 0 unspecified atom stereocenters. The van der Waals surface area contributed by atoms with E-state index in [2.05, 4.69) is 21.8 Å². The molecule has 5 nitrogen and oxygen atoms in total. The zero-order valence-electron chi connectivity index (χ0n) is 11.1. The summed E-state index contributed by atoms with van der Waals surface area (Å²) in [5.41, 5.74) is 2.32. The van der Waals surface area contributed by atoms with Gasteiger partial charge in [0.15, 0.2) is 0 Å². The lowest BCUT2D eigenvalue weighted by Crippen LogP contribution is -2.26. The van der Waals surface area contributed by atoms with Crippen molar-refractivity contribution in [3.05, 3.63) is 17.2 Å². The van der Waals surface area contributed by atoms with Crippen molar-refractivity contribution in [1.29, 1.82) is 0 Å². The number of fused-ring (bicyclic) bond motifs is 1. The van der Waals surface area contributed by atoms with Crippen LogP contribution < -0.4 is 5.32 Å². The van der Waals surface area contributed by atoms with Gasteiger partial charge in [0.1, 0.15) is 15.7 Å². The summed E-state index contributed by atoms with van der Waals surface area (Å²) < 4.78 is 24.8. The summed E-state index contributed by atoms with van der Waals surface area (Å²) in [6.45, 7) is 4.41. The lowest BCUT2D eigenvalue weighted by Gasteiger charge is -2.15. The molecule has 0 fully saturated rings. The summed E-state index contributed by atoms with van der Waals surface area (Å²) in [5, 5.41) is 3.30. The predicted molar refractivity (Wildman–Crippen MR) is 71.3 cm³/mol. The molecule has 2 heterocycles. The van der Waals surface area contributed by atoms with Crippen LogP contribution in [0.4, 0.5) is 0 Å². The van der Waals surface area contributed by atoms with Crippen molar-refractivity contribution in [3.8, 4) is 0 Å². The third-order valence-electron chi connectivity index (χ3n) is 3.22. The van der Waals surface area contributed by atoms with E-state index in [1.54, 1.807) is 0 Å². The Labute approximate surface area is 109 Å². The molecule has 0 amide bonds. The number of aryl methyl sites for hydroxylation is 1. The van der Waals surface area contributed by atoms with E-state index in [1.807, 2.05) is 0 Å². The van der Waals surface area contributed by atoms with E-state index in [-0.39, 0.29) is 5.75 Å². The monoisotopic (exact) mass is 271 g/mol. The van der Waals surface area contributed by atoms with Gasteiger partial charge >= 0.3 is 0 Å². The maximum Gasteiger partial charge on any atom is 0.149 e. The highest BCUT2D eigenvalue weighted by Crippen LogP contribution is 2.17. The van der Waals surface area contributed by atoms with Crippen molar-refractivity contribution in [3.63, 3.8) is 0 Å². The summed E-state index contributed by atoms with van der Waals surface area (Å²) in [7, 11) is -2.92. The molecule has 0 atom stereocenters. The van der Waals surface area contributed by atoms with Gasteiger partial charge in [0, 0.05) is 44.4 Å². The Morgan fingerprint density at radius 2 is 2.22 bits per heavy atom. The molecule has 18 heavy (non-hydrogen) atoms. The first kappa shape index (κ1) is 13.5. The number of imidazole rings is 1. The average molecular weight is 271 g/mol. The number of rotatable bonds is 5. The molecule has 0 radical (unpaired) electrons. The maximum atomic E-state index is 11.3. The molecule has 0 saturated carbocycles. The van der Waals surface area contributed by atoms with Crippen molar-refractivity contribution in [2.45, 2.75) is 39.3 Å². The van der Waals surface area contributed by atoms with Crippen molar-refractivity contribution in [2.75, 3.05) is 18.6 Å². The highest BCUT2D eigenvalue weighted by atomic mass is 32.2. The van der Waals surface area contributed by atoms with Crippen LogP contribution in [0.15, 0.2) is 0 Å². The van der Waals surface area contributed by atoms with Gasteiger partial charge in [-0.05, 0) is 6.42 Å². The van der Waals surface area contributed by atoms with E-state index >= 15 is 0 Å². The van der Waals surface area contributed by atoms with Gasteiger partial charge in [0.05, 0.1) is 11.4 Å². The van der Waals surface area contributed by atoms with Crippen LogP contribution in [0.3, 0.4) is 0 Å². The third-order valence-corrected chi connectivity index (χ3v) is 4.15. The number of nitrogens with zero attached hydrogens (tertiary/aromatic N) is 2. The minimum Gasteiger partial charge on any atom is -0.331 e. The smallest absolute Gasteiger partial charge is 0.149 e. The number of nitrogens with one attached hydrogen (secondary N) is 1. The quantitative estimate of drug-likeness (QED) is 0.848. The summed E-state index contributed by atoms with van der Waals surface area (Å²) in [4.78, 5) is 4.65. The molecular formula is C12H21N3O2S. The standard InChI is InChI=1S/C12H21N3O2S/c1-3-4-12-14-10-9-13-6-5-11(10)15(12)7-8-18(2,16)17/h13H,3-9H2,1-2H3. The lowest BCUT2D eigenvalue weighted by atomic mass is 10.2. The Morgan fingerprint density at radius 3 is 2.89 bits per heavy atom. The van der Waals surface area contributed by atoms with Crippen LogP contribution in [-0.2, 0) is 35.8 Å². The van der Waals surface area contributed by atoms with Gasteiger partial charge < -0.3 is 9.88 Å². The topological polar surface area (TPSA) is 64.0 Å². The maximum absolute atomic E-state index is 11.3. The number of hydrogen-bond donors (Lipinski definition) is 1. The first-order valence-corrected chi connectivity index (χ1v) is 8.53. The second-order valence-corrected chi connectivity index (χ2v) is 7.14. The first-order chi connectivity index (χ1) is 8.51. The fraction of sp³-hybridized carbons (Fsp3) is 0.750. The Hall–Kier alpha value is -0.880. The van der Waals surface area contributed by atoms with E-state index in [0.717, 1.165) is 43.9 Å². The Bertz CT molecular complexity index is 520. The van der Waals surface area contributed by atoms with Crippen molar-refractivity contribution >= 4 is 9.84 Å². The molecule has 2 rings (SSSR count). The number of hydrogen-bond acceptors (Lipinski definition) is 4. The van der Waals surface area contributed by atoms with Crippen LogP contribution in [-0.4, -0.2) is 36.5 Å². The zero-order valence-corrected chi connectivity index (χ0v) is 11.9. The Morgan fingerprint density at radius 1 is 1.44 bits per heavy atom. The second kappa shape index (κ2) is 5.40. The zero-order chi connectivity index (χ0) is 13.2. The average Bonchev–Trinajstić information content (AvgIpc) is 2.63. The van der Waals surface area contributed by atoms with Gasteiger partial charge in [-0.3, -0.25) is 0 Å². The molecule has 0 bridgehead atoms. The molecule has 1 N–H and O–H groups in total. The molecule has 0 aliphatic carbocycles. The van der Waals surface area contributed by atoms with Crippen LogP contribution in [0.25, 0.3) is 0 Å². The molecule has 102 valence electrons. The Kier molecular flexibility index (Phi) is 4.07. The molecule has 1 aliphatic heterocycles. The van der Waals surface area contributed by atoms with E-state index in [0.29, 0.717) is 6.54 Å². The minimum absolute atomic E-state index is 0.194. The summed E-state index contributed by atoms with van der Waals surface area (Å²) >= 11 is 0. The highest BCUT2D eigenvalue weighted by Gasteiger charge is 2.19. The summed E-state index contributed by atoms with van der Waals surface area (Å²) in [6.07, 6.45) is 4.17. The fourth-order valence-electron chi connectivity index (χ4n) is 2.36. The molecule has 0 spiro atoms. The fourth-order valence-corrected chi connectivity index (χ4v) is 2.88. The van der Waals surface area contributed by atoms with Gasteiger partial charge in [-0.1, -0.05) is 6.92 Å². The van der Waals surface area contributed by atoms with Crippen LogP contribution in [0, 0.1) is 0 Å². The molecule has 1 aromatic heterocycles. The molecule has 6 heteroatoms. The van der Waals surface area contributed by atoms with Gasteiger partial charge in [0.2, 0.25) is 0 Å². The molecule has 1 aromatic rings. The highest BCUT2D eigenvalue weighted by molar-refractivity contribution is 7.90. The van der Waals surface area contributed by atoms with Gasteiger partial charge in [-0.25, -0.2) is 13.4 Å². The van der Waals surface area contributed by atoms with E-state index < -0.39 is 9.84 Å². The van der Waals surface area contributed by atoms with Crippen molar-refractivity contribution in [1.82, 2.24) is 14.9 Å². The van der Waals surface area contributed by atoms with Crippen LogP contribution in [0.1, 0.15) is 30.6 Å². The first-order valence-electron chi connectivity index (χ1n) is 6.47. The van der Waals surface area contributed by atoms with E-state index in [9.17, 15) is 8.42 Å². The summed E-state index contributed by atoms with van der Waals surface area (Å²) in [6, 6.07) is 0. The van der Waals surface area contributed by atoms with Crippen molar-refractivity contribution in [2.24, 2.45) is 0 Å². The van der Waals surface area contributed by atoms with Crippen LogP contribution in [0.5, 0.6) is 0 Å². The largest absolute Gasteiger partial charge is 0.331 e. The van der Waals surface area contributed by atoms with Gasteiger partial charge in [-0.2, -0.15) is 0 Å². The normalized spacial score (nSPS) is 15.7. The summed E-state index contributed by atoms with van der Waals surface area (Å²) in [5.74, 6) is 1.23. The second-order valence-electron chi connectivity index (χ2n) is 4.88. The molecular weight excluding hydrogens is 250 g/mol. The minimum atomic E-state index is -2.92. The third kappa shape index (κ3) is 3.11.